The van der Waals surface area contributed by atoms with E-state index in [-0.39, 0.29) is 12.5 Å². The van der Waals surface area contributed by atoms with Gasteiger partial charge in [0.15, 0.2) is 5.82 Å². The molecule has 2 heterocycles. The summed E-state index contributed by atoms with van der Waals surface area (Å²) in [5.41, 5.74) is 0. The fourth-order valence-electron chi connectivity index (χ4n) is 3.19. The number of rotatable bonds is 4. The summed E-state index contributed by atoms with van der Waals surface area (Å²) in [5, 5.41) is 8.08. The molecule has 1 saturated carbocycles. The van der Waals surface area contributed by atoms with Crippen molar-refractivity contribution in [3.05, 3.63) is 18.3 Å². The summed E-state index contributed by atoms with van der Waals surface area (Å²) < 4.78 is 5.74. The highest BCUT2D eigenvalue weighted by molar-refractivity contribution is 5.77. The van der Waals surface area contributed by atoms with Crippen molar-refractivity contribution >= 4 is 11.7 Å². The van der Waals surface area contributed by atoms with Gasteiger partial charge in [-0.15, -0.1) is 5.10 Å². The maximum absolute atomic E-state index is 12.3. The number of anilines is 1. The third-order valence-electron chi connectivity index (χ3n) is 4.48. The minimum absolute atomic E-state index is 0.118. The second-order valence-electron chi connectivity index (χ2n) is 6.02. The minimum atomic E-state index is 0.118. The van der Waals surface area contributed by atoms with Gasteiger partial charge in [0.25, 0.3) is 0 Å². The van der Waals surface area contributed by atoms with E-state index in [0.717, 1.165) is 51.3 Å². The molecule has 0 bridgehead atoms. The zero-order valence-corrected chi connectivity index (χ0v) is 13.0. The molecule has 2 aliphatic rings. The van der Waals surface area contributed by atoms with Crippen LogP contribution in [-0.2, 0) is 9.53 Å². The Bertz CT molecular complexity index is 476. The van der Waals surface area contributed by atoms with Crippen molar-refractivity contribution < 1.29 is 9.53 Å². The Balaban J connectivity index is 1.48. The first-order valence-corrected chi connectivity index (χ1v) is 8.25. The van der Waals surface area contributed by atoms with Crippen LogP contribution < -0.4 is 4.90 Å². The molecule has 0 atom stereocenters. The lowest BCUT2D eigenvalue weighted by Gasteiger charge is -2.23. The first-order chi connectivity index (χ1) is 10.8. The van der Waals surface area contributed by atoms with Crippen molar-refractivity contribution in [3.63, 3.8) is 0 Å². The molecule has 0 N–H and O–H groups in total. The highest BCUT2D eigenvalue weighted by Crippen LogP contribution is 2.21. The lowest BCUT2D eigenvalue weighted by atomic mass is 10.3. The number of carbonyl (C=O) groups is 1. The molecule has 1 amide bonds. The summed E-state index contributed by atoms with van der Waals surface area (Å²) in [6.45, 7) is 3.46. The van der Waals surface area contributed by atoms with Crippen LogP contribution in [0.15, 0.2) is 18.3 Å². The fraction of sp³-hybridized carbons (Fsp3) is 0.688. The van der Waals surface area contributed by atoms with Gasteiger partial charge in [-0.05, 0) is 31.4 Å². The van der Waals surface area contributed by atoms with Crippen LogP contribution in [0.3, 0.4) is 0 Å². The summed E-state index contributed by atoms with van der Waals surface area (Å²) in [6, 6.07) is 3.86. The maximum atomic E-state index is 12.3. The molecule has 0 unspecified atom stereocenters. The molecule has 120 valence electrons. The van der Waals surface area contributed by atoms with Gasteiger partial charge < -0.3 is 14.5 Å². The van der Waals surface area contributed by atoms with Crippen molar-refractivity contribution in [1.29, 1.82) is 0 Å². The Kier molecular flexibility index (Phi) is 5.21. The Morgan fingerprint density at radius 2 is 2.05 bits per heavy atom. The van der Waals surface area contributed by atoms with E-state index in [1.165, 1.54) is 12.8 Å². The van der Waals surface area contributed by atoms with E-state index in [2.05, 4.69) is 15.1 Å². The lowest BCUT2D eigenvalue weighted by Crippen LogP contribution is -2.38. The molecule has 6 heteroatoms. The molecule has 6 nitrogen and oxygen atoms in total. The Morgan fingerprint density at radius 1 is 1.18 bits per heavy atom. The first-order valence-electron chi connectivity index (χ1n) is 8.25. The smallest absolute Gasteiger partial charge is 0.248 e. The number of amides is 1. The molecule has 1 aromatic heterocycles. The van der Waals surface area contributed by atoms with Crippen molar-refractivity contribution in [2.45, 2.75) is 38.2 Å². The van der Waals surface area contributed by atoms with Gasteiger partial charge in [0.2, 0.25) is 5.91 Å². The van der Waals surface area contributed by atoms with E-state index in [4.69, 9.17) is 4.74 Å². The molecule has 3 rings (SSSR count). The molecule has 1 aliphatic carbocycles. The van der Waals surface area contributed by atoms with Crippen molar-refractivity contribution in [3.8, 4) is 0 Å². The van der Waals surface area contributed by atoms with Crippen LogP contribution >= 0.6 is 0 Å². The predicted octanol–water partition coefficient (Wildman–Crippen LogP) is 1.47. The predicted molar refractivity (Wildman–Crippen MR) is 83.7 cm³/mol. The molecule has 1 aliphatic heterocycles. The van der Waals surface area contributed by atoms with Gasteiger partial charge in [-0.2, -0.15) is 5.10 Å². The summed E-state index contributed by atoms with van der Waals surface area (Å²) in [5.74, 6) is 1.01. The number of hydrogen-bond acceptors (Lipinski definition) is 5. The third kappa shape index (κ3) is 3.94. The molecule has 2 fully saturated rings. The molecule has 0 spiro atoms. The Morgan fingerprint density at radius 3 is 2.82 bits per heavy atom. The largest absolute Gasteiger partial charge is 0.368 e. The summed E-state index contributed by atoms with van der Waals surface area (Å²) in [7, 11) is 0. The van der Waals surface area contributed by atoms with Crippen LogP contribution in [0.25, 0.3) is 0 Å². The van der Waals surface area contributed by atoms with Gasteiger partial charge in [-0.3, -0.25) is 4.79 Å². The maximum Gasteiger partial charge on any atom is 0.248 e. The van der Waals surface area contributed by atoms with E-state index < -0.39 is 0 Å². The molecule has 0 radical (unpaired) electrons. The highest BCUT2D eigenvalue weighted by Gasteiger charge is 2.22. The van der Waals surface area contributed by atoms with Gasteiger partial charge in [-0.1, -0.05) is 12.8 Å². The Labute approximate surface area is 131 Å². The molecular weight excluding hydrogens is 280 g/mol. The second-order valence-corrected chi connectivity index (χ2v) is 6.02. The van der Waals surface area contributed by atoms with Gasteiger partial charge in [0, 0.05) is 32.4 Å². The average Bonchev–Trinajstić information content (AvgIpc) is 2.96. The van der Waals surface area contributed by atoms with Crippen molar-refractivity contribution in [2.75, 3.05) is 37.7 Å². The van der Waals surface area contributed by atoms with Gasteiger partial charge in [-0.25, -0.2) is 0 Å². The molecule has 22 heavy (non-hydrogen) atoms. The number of aromatic nitrogens is 2. The molecule has 0 aromatic carbocycles. The van der Waals surface area contributed by atoms with Gasteiger partial charge in [0.05, 0.1) is 6.10 Å². The zero-order chi connectivity index (χ0) is 15.2. The van der Waals surface area contributed by atoms with Crippen LogP contribution in [0, 0.1) is 0 Å². The number of hydrogen-bond donors (Lipinski definition) is 0. The van der Waals surface area contributed by atoms with Crippen LogP contribution in [0.5, 0.6) is 0 Å². The molecule has 1 aromatic rings. The zero-order valence-electron chi connectivity index (χ0n) is 13.0. The molecule has 1 saturated heterocycles. The number of ether oxygens (including phenoxy) is 1. The standard InChI is InChI=1S/C16H24N4O2/c21-16(13-22-14-5-1-2-6-14)20-10-4-9-19(11-12-20)15-7-3-8-17-18-15/h3,7-8,14H,1-2,4-6,9-13H2. The fourth-order valence-corrected chi connectivity index (χ4v) is 3.19. The SMILES string of the molecule is O=C(COC1CCCC1)N1CCCN(c2cccnn2)CC1. The topological polar surface area (TPSA) is 58.6 Å². The van der Waals surface area contributed by atoms with Crippen molar-refractivity contribution in [2.24, 2.45) is 0 Å². The van der Waals surface area contributed by atoms with E-state index in [9.17, 15) is 4.79 Å². The third-order valence-corrected chi connectivity index (χ3v) is 4.48. The van der Waals surface area contributed by atoms with Crippen LogP contribution in [-0.4, -0.2) is 59.9 Å². The Hall–Kier alpha value is -1.69. The van der Waals surface area contributed by atoms with E-state index in [0.29, 0.717) is 6.10 Å². The van der Waals surface area contributed by atoms with Crippen LogP contribution in [0.2, 0.25) is 0 Å². The normalized spacial score (nSPS) is 20.2. The summed E-state index contributed by atoms with van der Waals surface area (Å²) in [4.78, 5) is 16.4. The monoisotopic (exact) mass is 304 g/mol. The average molecular weight is 304 g/mol. The molecular formula is C16H24N4O2. The highest BCUT2D eigenvalue weighted by atomic mass is 16.5. The lowest BCUT2D eigenvalue weighted by molar-refractivity contribution is -0.137. The number of carbonyl (C=O) groups excluding carboxylic acids is 1. The van der Waals surface area contributed by atoms with E-state index >= 15 is 0 Å². The summed E-state index contributed by atoms with van der Waals surface area (Å²) >= 11 is 0. The second kappa shape index (κ2) is 7.54. The first kappa shape index (κ1) is 15.2. The number of nitrogens with zero attached hydrogens (tertiary/aromatic N) is 4. The summed E-state index contributed by atoms with van der Waals surface area (Å²) in [6.07, 6.45) is 7.60. The quantitative estimate of drug-likeness (QED) is 0.843. The van der Waals surface area contributed by atoms with E-state index in [1.807, 2.05) is 17.0 Å². The van der Waals surface area contributed by atoms with Gasteiger partial charge in [0.1, 0.15) is 6.61 Å². The van der Waals surface area contributed by atoms with Crippen LogP contribution in [0.4, 0.5) is 5.82 Å². The van der Waals surface area contributed by atoms with Crippen LogP contribution in [0.1, 0.15) is 32.1 Å². The minimum Gasteiger partial charge on any atom is -0.368 e. The van der Waals surface area contributed by atoms with Gasteiger partial charge >= 0.3 is 0 Å². The van der Waals surface area contributed by atoms with E-state index in [1.54, 1.807) is 6.20 Å². The van der Waals surface area contributed by atoms with Crippen molar-refractivity contribution in [1.82, 2.24) is 15.1 Å².